The average Bonchev–Trinajstić information content (AvgIpc) is 2.48. The van der Waals surface area contributed by atoms with Crippen LogP contribution in [0.15, 0.2) is 42.9 Å². The fourth-order valence-corrected chi connectivity index (χ4v) is 1.98. The number of nitrogens with zero attached hydrogens (tertiary/aromatic N) is 2. The fraction of sp³-hybridized carbons (Fsp3) is 0.375. The number of unbranched alkanes of at least 4 members (excludes halogenated alkanes) is 2. The highest BCUT2D eigenvalue weighted by Crippen LogP contribution is 2.13. The van der Waals surface area contributed by atoms with E-state index in [-0.39, 0.29) is 0 Å². The van der Waals surface area contributed by atoms with Crippen LogP contribution in [0.25, 0.3) is 0 Å². The normalized spacial score (nSPS) is 10.4. The topological polar surface area (TPSA) is 37.8 Å². The lowest BCUT2D eigenvalue weighted by molar-refractivity contribution is 0.717. The van der Waals surface area contributed by atoms with Crippen molar-refractivity contribution in [3.05, 3.63) is 54.1 Å². The summed E-state index contributed by atoms with van der Waals surface area (Å²) in [4.78, 5) is 8.10. The van der Waals surface area contributed by atoms with E-state index in [1.807, 2.05) is 6.07 Å². The van der Waals surface area contributed by atoms with E-state index < -0.39 is 0 Å². The maximum atomic E-state index is 4.19. The van der Waals surface area contributed by atoms with Crippen LogP contribution in [0.2, 0.25) is 0 Å². The van der Waals surface area contributed by atoms with Gasteiger partial charge in [-0.3, -0.25) is 0 Å². The predicted octanol–water partition coefficient (Wildman–Crippen LogP) is 3.82. The molecule has 1 heterocycles. The number of anilines is 1. The van der Waals surface area contributed by atoms with E-state index in [0.29, 0.717) is 0 Å². The number of benzene rings is 1. The molecule has 100 valence electrons. The average molecular weight is 255 g/mol. The fourth-order valence-electron chi connectivity index (χ4n) is 1.98. The summed E-state index contributed by atoms with van der Waals surface area (Å²) >= 11 is 0. The Balaban J connectivity index is 1.81. The molecule has 0 atom stereocenters. The van der Waals surface area contributed by atoms with Gasteiger partial charge in [-0.05, 0) is 36.6 Å². The second-order valence-corrected chi connectivity index (χ2v) is 4.71. The highest BCUT2D eigenvalue weighted by atomic mass is 14.9. The van der Waals surface area contributed by atoms with Crippen LogP contribution >= 0.6 is 0 Å². The van der Waals surface area contributed by atoms with Crippen LogP contribution in [-0.4, -0.2) is 9.97 Å². The van der Waals surface area contributed by atoms with Crippen LogP contribution in [0.5, 0.6) is 0 Å². The minimum Gasteiger partial charge on any atom is -0.379 e. The molecule has 1 N–H and O–H groups in total. The van der Waals surface area contributed by atoms with E-state index in [9.17, 15) is 0 Å². The molecule has 0 saturated carbocycles. The summed E-state index contributed by atoms with van der Waals surface area (Å²) in [6, 6.07) is 10.6. The molecule has 1 aromatic carbocycles. The van der Waals surface area contributed by atoms with Crippen LogP contribution in [0.1, 0.15) is 37.4 Å². The summed E-state index contributed by atoms with van der Waals surface area (Å²) < 4.78 is 0. The van der Waals surface area contributed by atoms with Crippen LogP contribution < -0.4 is 5.32 Å². The summed E-state index contributed by atoms with van der Waals surface area (Å²) in [5.74, 6) is 0. The Labute approximate surface area is 115 Å². The first-order valence-corrected chi connectivity index (χ1v) is 6.96. The smallest absolute Gasteiger partial charge is 0.115 e. The van der Waals surface area contributed by atoms with Gasteiger partial charge in [0.1, 0.15) is 6.33 Å². The van der Waals surface area contributed by atoms with Crippen molar-refractivity contribution < 1.29 is 0 Å². The first kappa shape index (κ1) is 13.5. The lowest BCUT2D eigenvalue weighted by Crippen LogP contribution is -2.01. The van der Waals surface area contributed by atoms with Gasteiger partial charge in [0.05, 0.1) is 12.2 Å². The van der Waals surface area contributed by atoms with Gasteiger partial charge < -0.3 is 5.32 Å². The maximum Gasteiger partial charge on any atom is 0.115 e. The number of hydrogen-bond acceptors (Lipinski definition) is 3. The predicted molar refractivity (Wildman–Crippen MR) is 79.0 cm³/mol. The first-order chi connectivity index (χ1) is 9.38. The number of hydrogen-bond donors (Lipinski definition) is 1. The molecule has 0 bridgehead atoms. The van der Waals surface area contributed by atoms with Gasteiger partial charge in [-0.1, -0.05) is 31.9 Å². The third kappa shape index (κ3) is 4.70. The van der Waals surface area contributed by atoms with Crippen molar-refractivity contribution in [1.29, 1.82) is 0 Å². The number of aromatic nitrogens is 2. The lowest BCUT2D eigenvalue weighted by Gasteiger charge is -2.07. The zero-order valence-corrected chi connectivity index (χ0v) is 11.5. The van der Waals surface area contributed by atoms with E-state index in [1.165, 1.54) is 31.2 Å². The highest BCUT2D eigenvalue weighted by Gasteiger charge is 1.96. The van der Waals surface area contributed by atoms with Gasteiger partial charge in [0.15, 0.2) is 0 Å². The second kappa shape index (κ2) is 7.52. The van der Waals surface area contributed by atoms with Crippen molar-refractivity contribution in [3.63, 3.8) is 0 Å². The molecule has 0 saturated heterocycles. The van der Waals surface area contributed by atoms with Gasteiger partial charge in [-0.25, -0.2) is 9.97 Å². The van der Waals surface area contributed by atoms with Gasteiger partial charge in [0.2, 0.25) is 0 Å². The molecule has 0 radical (unpaired) electrons. The Bertz CT molecular complexity index is 465. The number of rotatable bonds is 7. The molecular weight excluding hydrogens is 234 g/mol. The Hall–Kier alpha value is -1.90. The standard InChI is InChI=1S/C16H21N3/c1-2-3-4-5-14-6-8-15(9-7-14)18-12-16-10-11-17-13-19-16/h6-11,13,18H,2-5,12H2,1H3. The lowest BCUT2D eigenvalue weighted by atomic mass is 10.1. The zero-order valence-electron chi connectivity index (χ0n) is 11.5. The van der Waals surface area contributed by atoms with Gasteiger partial charge in [-0.15, -0.1) is 0 Å². The summed E-state index contributed by atoms with van der Waals surface area (Å²) in [5, 5.41) is 3.37. The van der Waals surface area contributed by atoms with E-state index in [4.69, 9.17) is 0 Å². The van der Waals surface area contributed by atoms with Crippen molar-refractivity contribution in [2.45, 2.75) is 39.2 Å². The summed E-state index contributed by atoms with van der Waals surface area (Å²) in [6.07, 6.45) is 8.39. The number of nitrogens with one attached hydrogen (secondary N) is 1. The summed E-state index contributed by atoms with van der Waals surface area (Å²) in [5.41, 5.74) is 3.56. The molecule has 0 amide bonds. The third-order valence-electron chi connectivity index (χ3n) is 3.14. The van der Waals surface area contributed by atoms with Gasteiger partial charge >= 0.3 is 0 Å². The van der Waals surface area contributed by atoms with E-state index in [1.54, 1.807) is 12.5 Å². The zero-order chi connectivity index (χ0) is 13.3. The minimum atomic E-state index is 0.734. The largest absolute Gasteiger partial charge is 0.379 e. The molecule has 0 spiro atoms. The molecule has 3 nitrogen and oxygen atoms in total. The second-order valence-electron chi connectivity index (χ2n) is 4.71. The van der Waals surface area contributed by atoms with Crippen LogP contribution in [0, 0.1) is 0 Å². The quantitative estimate of drug-likeness (QED) is 0.764. The molecule has 0 aliphatic carbocycles. The van der Waals surface area contributed by atoms with Crippen LogP contribution in [0.3, 0.4) is 0 Å². The molecule has 0 aliphatic heterocycles. The Morgan fingerprint density at radius 2 is 1.89 bits per heavy atom. The van der Waals surface area contributed by atoms with Crippen molar-refractivity contribution in [1.82, 2.24) is 9.97 Å². The van der Waals surface area contributed by atoms with Crippen molar-refractivity contribution in [2.75, 3.05) is 5.32 Å². The Morgan fingerprint density at radius 3 is 2.58 bits per heavy atom. The Kier molecular flexibility index (Phi) is 5.35. The van der Waals surface area contributed by atoms with Crippen molar-refractivity contribution in [2.24, 2.45) is 0 Å². The van der Waals surface area contributed by atoms with Crippen LogP contribution in [0.4, 0.5) is 5.69 Å². The molecule has 2 rings (SSSR count). The molecule has 0 fully saturated rings. The summed E-state index contributed by atoms with van der Waals surface area (Å²) in [6.45, 7) is 2.97. The minimum absolute atomic E-state index is 0.734. The van der Waals surface area contributed by atoms with Gasteiger partial charge in [-0.2, -0.15) is 0 Å². The molecule has 19 heavy (non-hydrogen) atoms. The number of aryl methyl sites for hydroxylation is 1. The molecule has 1 aromatic heterocycles. The highest BCUT2D eigenvalue weighted by molar-refractivity contribution is 5.44. The monoisotopic (exact) mass is 255 g/mol. The molecule has 2 aromatic rings. The van der Waals surface area contributed by atoms with E-state index >= 15 is 0 Å². The molecular formula is C16H21N3. The Morgan fingerprint density at radius 1 is 1.05 bits per heavy atom. The van der Waals surface area contributed by atoms with Gasteiger partial charge in [0, 0.05) is 11.9 Å². The van der Waals surface area contributed by atoms with Crippen molar-refractivity contribution >= 4 is 5.69 Å². The van der Waals surface area contributed by atoms with E-state index in [0.717, 1.165) is 17.9 Å². The summed E-state index contributed by atoms with van der Waals surface area (Å²) in [7, 11) is 0. The van der Waals surface area contributed by atoms with Crippen molar-refractivity contribution in [3.8, 4) is 0 Å². The molecule has 3 heteroatoms. The first-order valence-electron chi connectivity index (χ1n) is 6.96. The third-order valence-corrected chi connectivity index (χ3v) is 3.14. The van der Waals surface area contributed by atoms with E-state index in [2.05, 4.69) is 46.5 Å². The maximum absolute atomic E-state index is 4.19. The SMILES string of the molecule is CCCCCc1ccc(NCc2ccncn2)cc1. The van der Waals surface area contributed by atoms with Crippen LogP contribution in [-0.2, 0) is 13.0 Å². The van der Waals surface area contributed by atoms with Gasteiger partial charge in [0.25, 0.3) is 0 Å². The molecule has 0 unspecified atom stereocenters. The molecule has 0 aliphatic rings.